The van der Waals surface area contributed by atoms with Crippen molar-refractivity contribution in [3.05, 3.63) is 82.0 Å². The Morgan fingerprint density at radius 2 is 2.00 bits per heavy atom. The predicted octanol–water partition coefficient (Wildman–Crippen LogP) is 5.36. The van der Waals surface area contributed by atoms with Gasteiger partial charge < -0.3 is 15.0 Å². The molecule has 0 fully saturated rings. The van der Waals surface area contributed by atoms with Gasteiger partial charge in [0.1, 0.15) is 17.4 Å². The number of ether oxygens (including phenoxy) is 1. The molecular weight excluding hydrogens is 483 g/mol. The number of benzene rings is 2. The van der Waals surface area contributed by atoms with Gasteiger partial charge in [-0.3, -0.25) is 9.89 Å². The minimum absolute atomic E-state index is 0.000378. The van der Waals surface area contributed by atoms with E-state index in [9.17, 15) is 4.79 Å². The number of hydrogen-bond donors (Lipinski definition) is 3. The maximum Gasteiger partial charge on any atom is 0.255 e. The Labute approximate surface area is 210 Å². The van der Waals surface area contributed by atoms with Gasteiger partial charge in [0.05, 0.1) is 29.4 Å². The van der Waals surface area contributed by atoms with E-state index in [0.29, 0.717) is 38.9 Å². The van der Waals surface area contributed by atoms with Crippen LogP contribution in [-0.4, -0.2) is 38.2 Å². The van der Waals surface area contributed by atoms with Gasteiger partial charge in [0.25, 0.3) is 5.91 Å². The number of fused-ring (bicyclic) bond motifs is 1. The van der Waals surface area contributed by atoms with Crippen molar-refractivity contribution in [3.8, 4) is 28.3 Å². The van der Waals surface area contributed by atoms with Crippen LogP contribution in [0.1, 0.15) is 27.3 Å². The van der Waals surface area contributed by atoms with E-state index >= 15 is 4.39 Å². The van der Waals surface area contributed by atoms with Crippen LogP contribution in [0.3, 0.4) is 0 Å². The zero-order chi connectivity index (χ0) is 25.4. The normalized spacial score (nSPS) is 11.1. The molecule has 0 saturated heterocycles. The van der Waals surface area contributed by atoms with Gasteiger partial charge in [0.2, 0.25) is 0 Å². The number of nitrogens with zero attached hydrogens (tertiary/aromatic N) is 3. The minimum Gasteiger partial charge on any atom is -0.496 e. The van der Waals surface area contributed by atoms with Crippen molar-refractivity contribution >= 4 is 28.7 Å². The van der Waals surface area contributed by atoms with Crippen molar-refractivity contribution in [2.24, 2.45) is 0 Å². The molecule has 0 aliphatic rings. The number of aryl methyl sites for hydroxylation is 2. The molecule has 0 radical (unpaired) electrons. The van der Waals surface area contributed by atoms with Gasteiger partial charge in [0.15, 0.2) is 5.65 Å². The molecule has 2 aromatic carbocycles. The number of carbonyl (C=O) groups excluding carboxylic acids is 1. The third-order valence-electron chi connectivity index (χ3n) is 5.97. The fraction of sp³-hybridized carbons (Fsp3) is 0.154. The van der Waals surface area contributed by atoms with Crippen LogP contribution in [0.2, 0.25) is 5.02 Å². The average molecular weight is 505 g/mol. The number of carbonyl (C=O) groups is 1. The second-order valence-corrected chi connectivity index (χ2v) is 8.72. The molecular formula is C26H22ClFN6O2. The smallest absolute Gasteiger partial charge is 0.255 e. The van der Waals surface area contributed by atoms with Gasteiger partial charge in [-0.05, 0) is 49.7 Å². The lowest BCUT2D eigenvalue weighted by Gasteiger charge is -2.11. The van der Waals surface area contributed by atoms with Crippen LogP contribution in [0.25, 0.3) is 33.7 Å². The molecule has 10 heteroatoms. The maximum absolute atomic E-state index is 15.1. The van der Waals surface area contributed by atoms with E-state index in [-0.39, 0.29) is 12.1 Å². The molecule has 0 spiro atoms. The Bertz CT molecular complexity index is 1590. The number of methoxy groups -OCH3 is 1. The molecule has 1 amide bonds. The van der Waals surface area contributed by atoms with Crippen molar-refractivity contribution in [3.63, 3.8) is 0 Å². The zero-order valence-corrected chi connectivity index (χ0v) is 20.5. The quantitative estimate of drug-likeness (QED) is 0.288. The number of halogens is 2. The summed E-state index contributed by atoms with van der Waals surface area (Å²) in [5, 5.41) is 10.3. The van der Waals surface area contributed by atoms with E-state index in [4.69, 9.17) is 16.3 Å². The fourth-order valence-electron chi connectivity index (χ4n) is 4.16. The summed E-state index contributed by atoms with van der Waals surface area (Å²) in [4.78, 5) is 24.9. The van der Waals surface area contributed by atoms with Crippen molar-refractivity contribution in [2.75, 3.05) is 7.11 Å². The second kappa shape index (κ2) is 9.43. The first-order chi connectivity index (χ1) is 17.4. The number of H-pyrrole nitrogens is 2. The zero-order valence-electron chi connectivity index (χ0n) is 19.7. The van der Waals surface area contributed by atoms with Gasteiger partial charge in [-0.2, -0.15) is 5.10 Å². The third kappa shape index (κ3) is 4.29. The monoisotopic (exact) mass is 504 g/mol. The Hall–Kier alpha value is -4.24. The Morgan fingerprint density at radius 3 is 2.72 bits per heavy atom. The van der Waals surface area contributed by atoms with Crippen LogP contribution in [0.15, 0.2) is 48.7 Å². The Balaban J connectivity index is 1.41. The van der Waals surface area contributed by atoms with Gasteiger partial charge in [-0.25, -0.2) is 14.4 Å². The van der Waals surface area contributed by atoms with Crippen LogP contribution < -0.4 is 10.1 Å². The number of pyridine rings is 1. The van der Waals surface area contributed by atoms with E-state index in [1.807, 2.05) is 13.8 Å². The average Bonchev–Trinajstić information content (AvgIpc) is 3.44. The highest BCUT2D eigenvalue weighted by Gasteiger charge is 2.18. The molecule has 0 aliphatic heterocycles. The first-order valence-electron chi connectivity index (χ1n) is 11.1. The molecule has 0 unspecified atom stereocenters. The molecule has 3 aromatic heterocycles. The van der Waals surface area contributed by atoms with Crippen molar-refractivity contribution in [2.45, 2.75) is 20.4 Å². The van der Waals surface area contributed by atoms with Crippen LogP contribution >= 0.6 is 11.6 Å². The van der Waals surface area contributed by atoms with Crippen LogP contribution in [0, 0.1) is 19.7 Å². The highest BCUT2D eigenvalue weighted by molar-refractivity contribution is 6.31. The summed E-state index contributed by atoms with van der Waals surface area (Å²) in [6, 6.07) is 11.4. The molecule has 5 rings (SSSR count). The first-order valence-corrected chi connectivity index (χ1v) is 11.5. The topological polar surface area (TPSA) is 109 Å². The molecule has 36 heavy (non-hydrogen) atoms. The molecule has 8 nitrogen and oxygen atoms in total. The number of aromatic nitrogens is 5. The molecule has 0 saturated carbocycles. The molecule has 0 aliphatic carbocycles. The van der Waals surface area contributed by atoms with E-state index < -0.39 is 11.7 Å². The van der Waals surface area contributed by atoms with Gasteiger partial charge in [0, 0.05) is 34.6 Å². The minimum atomic E-state index is -0.447. The summed E-state index contributed by atoms with van der Waals surface area (Å²) in [7, 11) is 1.47. The van der Waals surface area contributed by atoms with Crippen molar-refractivity contribution in [1.82, 2.24) is 30.5 Å². The lowest BCUT2D eigenvalue weighted by Crippen LogP contribution is -2.23. The van der Waals surface area contributed by atoms with E-state index in [1.165, 1.54) is 19.2 Å². The van der Waals surface area contributed by atoms with Gasteiger partial charge in [-0.15, -0.1) is 0 Å². The number of hydrogen-bond acceptors (Lipinski definition) is 5. The highest BCUT2D eigenvalue weighted by atomic mass is 35.5. The van der Waals surface area contributed by atoms with E-state index in [2.05, 4.69) is 30.5 Å². The fourth-order valence-corrected chi connectivity index (χ4v) is 4.33. The molecule has 182 valence electrons. The maximum atomic E-state index is 15.1. The molecule has 5 aromatic rings. The lowest BCUT2D eigenvalue weighted by atomic mass is 10.0. The second-order valence-electron chi connectivity index (χ2n) is 8.29. The standard InChI is InChI=1S/C26H22ClFN6O2/c1-13-22(14(2)34-33-13)24-31-23-18(8-9-29-25(23)32-24)15-4-5-16(20(28)10-15)12-30-26(35)19-11-17(27)6-7-21(19)36-3/h4-11H,12H2,1-3H3,(H,30,35)(H,33,34)(H,29,31,32). The number of amides is 1. The Morgan fingerprint density at radius 1 is 1.17 bits per heavy atom. The molecule has 3 N–H and O–H groups in total. The summed E-state index contributed by atoms with van der Waals surface area (Å²) in [5.74, 6) is 0.166. The van der Waals surface area contributed by atoms with Crippen LogP contribution in [0.5, 0.6) is 5.75 Å². The SMILES string of the molecule is COc1ccc(Cl)cc1C(=O)NCc1ccc(-c2ccnc3nc(-c4c(C)n[nH]c4C)[nH]c23)cc1F. The lowest BCUT2D eigenvalue weighted by molar-refractivity contribution is 0.0947. The molecule has 0 bridgehead atoms. The van der Waals surface area contributed by atoms with E-state index in [1.54, 1.807) is 36.5 Å². The van der Waals surface area contributed by atoms with Crippen molar-refractivity contribution < 1.29 is 13.9 Å². The number of nitrogens with one attached hydrogen (secondary N) is 3. The summed E-state index contributed by atoms with van der Waals surface area (Å²) in [6.07, 6.45) is 1.64. The van der Waals surface area contributed by atoms with E-state index in [0.717, 1.165) is 22.5 Å². The summed E-state index contributed by atoms with van der Waals surface area (Å²) < 4.78 is 20.3. The number of rotatable bonds is 6. The van der Waals surface area contributed by atoms with Crippen LogP contribution in [0.4, 0.5) is 4.39 Å². The number of imidazole rings is 1. The Kier molecular flexibility index (Phi) is 6.15. The molecule has 0 atom stereocenters. The molecule has 3 heterocycles. The third-order valence-corrected chi connectivity index (χ3v) is 6.20. The predicted molar refractivity (Wildman–Crippen MR) is 136 cm³/mol. The van der Waals surface area contributed by atoms with Gasteiger partial charge in [-0.1, -0.05) is 23.7 Å². The highest BCUT2D eigenvalue weighted by Crippen LogP contribution is 2.31. The van der Waals surface area contributed by atoms with Crippen LogP contribution in [-0.2, 0) is 6.54 Å². The van der Waals surface area contributed by atoms with Gasteiger partial charge >= 0.3 is 0 Å². The van der Waals surface area contributed by atoms with Crippen molar-refractivity contribution in [1.29, 1.82) is 0 Å². The summed E-state index contributed by atoms with van der Waals surface area (Å²) >= 11 is 6.01. The summed E-state index contributed by atoms with van der Waals surface area (Å²) in [6.45, 7) is 3.82. The largest absolute Gasteiger partial charge is 0.496 e. The first kappa shape index (κ1) is 23.5. The number of aromatic amines is 2. The summed E-state index contributed by atoms with van der Waals surface area (Å²) in [5.41, 5.74) is 5.84.